The molecule has 0 aliphatic heterocycles. The second kappa shape index (κ2) is 14.0. The molecule has 0 radical (unpaired) electrons. The van der Waals surface area contributed by atoms with Crippen molar-refractivity contribution in [3.05, 3.63) is 99.8 Å². The highest BCUT2D eigenvalue weighted by atomic mass is 35.5. The maximum absolute atomic E-state index is 14.0. The summed E-state index contributed by atoms with van der Waals surface area (Å²) in [5, 5.41) is 3.61. The van der Waals surface area contributed by atoms with E-state index in [2.05, 4.69) is 5.32 Å². The zero-order valence-corrected chi connectivity index (χ0v) is 24.8. The number of nitrogens with zero attached hydrogens (tertiary/aromatic N) is 2. The number of rotatable bonds is 12. The zero-order valence-electron chi connectivity index (χ0n) is 22.5. The summed E-state index contributed by atoms with van der Waals surface area (Å²) < 4.78 is 39.9. The molecule has 0 saturated heterocycles. The summed E-state index contributed by atoms with van der Waals surface area (Å²) in [6, 6.07) is 17.8. The van der Waals surface area contributed by atoms with Crippen LogP contribution in [0.15, 0.2) is 72.8 Å². The number of halogens is 3. The fourth-order valence-corrected chi connectivity index (χ4v) is 5.35. The molecule has 7 nitrogen and oxygen atoms in total. The van der Waals surface area contributed by atoms with E-state index < -0.39 is 34.3 Å². The van der Waals surface area contributed by atoms with E-state index in [1.165, 1.54) is 23.1 Å². The lowest BCUT2D eigenvalue weighted by Gasteiger charge is -2.34. The molecule has 2 amide bonds. The van der Waals surface area contributed by atoms with Crippen LogP contribution in [0, 0.1) is 11.7 Å². The van der Waals surface area contributed by atoms with Crippen LogP contribution in [0.2, 0.25) is 10.0 Å². The van der Waals surface area contributed by atoms with Crippen LogP contribution in [0.3, 0.4) is 0 Å². The van der Waals surface area contributed by atoms with E-state index in [0.29, 0.717) is 22.2 Å². The monoisotopic (exact) mass is 607 g/mol. The Kier molecular flexibility index (Phi) is 11.0. The smallest absolute Gasteiger partial charge is 0.244 e. The molecule has 214 valence electrons. The number of anilines is 1. The fraction of sp³-hybridized carbons (Fsp3) is 0.310. The highest BCUT2D eigenvalue weighted by Gasteiger charge is 2.33. The predicted molar refractivity (Wildman–Crippen MR) is 157 cm³/mol. The normalized spacial score (nSPS) is 12.2. The molecule has 11 heteroatoms. The zero-order chi connectivity index (χ0) is 29.4. The summed E-state index contributed by atoms with van der Waals surface area (Å²) in [6.45, 7) is 3.60. The Morgan fingerprint density at radius 2 is 1.62 bits per heavy atom. The lowest BCUT2D eigenvalue weighted by molar-refractivity contribution is -0.140. The Balaban J connectivity index is 2.06. The lowest BCUT2D eigenvalue weighted by atomic mass is 10.0. The largest absolute Gasteiger partial charge is 0.354 e. The Bertz CT molecular complexity index is 1420. The molecule has 0 fully saturated rings. The molecule has 0 saturated carbocycles. The van der Waals surface area contributed by atoms with Crippen LogP contribution in [0.25, 0.3) is 0 Å². The molecule has 1 N–H and O–H groups in total. The molecular weight excluding hydrogens is 576 g/mol. The Labute approximate surface area is 244 Å². The minimum Gasteiger partial charge on any atom is -0.354 e. The number of carbonyl (C=O) groups excluding carboxylic acids is 2. The number of hydrogen-bond acceptors (Lipinski definition) is 4. The summed E-state index contributed by atoms with van der Waals surface area (Å²) in [4.78, 5) is 28.9. The van der Waals surface area contributed by atoms with Gasteiger partial charge in [0.2, 0.25) is 21.8 Å². The highest BCUT2D eigenvalue weighted by molar-refractivity contribution is 7.92. The quantitative estimate of drug-likeness (QED) is 0.302. The average Bonchev–Trinajstić information content (AvgIpc) is 2.89. The van der Waals surface area contributed by atoms with Gasteiger partial charge in [0.25, 0.3) is 0 Å². The topological polar surface area (TPSA) is 86.8 Å². The van der Waals surface area contributed by atoms with Crippen molar-refractivity contribution in [1.82, 2.24) is 10.2 Å². The third-order valence-electron chi connectivity index (χ3n) is 6.11. The third kappa shape index (κ3) is 8.94. The van der Waals surface area contributed by atoms with Crippen molar-refractivity contribution in [2.45, 2.75) is 32.9 Å². The predicted octanol–water partition coefficient (Wildman–Crippen LogP) is 5.31. The minimum atomic E-state index is -3.95. The minimum absolute atomic E-state index is 0.0809. The van der Waals surface area contributed by atoms with Crippen LogP contribution in [-0.2, 0) is 32.6 Å². The molecule has 1 unspecified atom stereocenters. The van der Waals surface area contributed by atoms with Crippen molar-refractivity contribution in [2.24, 2.45) is 5.92 Å². The summed E-state index contributed by atoms with van der Waals surface area (Å²) in [6.07, 6.45) is 1.14. The summed E-state index contributed by atoms with van der Waals surface area (Å²) in [5.74, 6) is -1.41. The molecule has 0 heterocycles. The lowest BCUT2D eigenvalue weighted by Crippen LogP contribution is -2.53. The molecule has 3 rings (SSSR count). The molecule has 0 aliphatic rings. The van der Waals surface area contributed by atoms with E-state index >= 15 is 0 Å². The number of nitrogens with one attached hydrogen (secondary N) is 1. The maximum Gasteiger partial charge on any atom is 0.244 e. The second-order valence-electron chi connectivity index (χ2n) is 9.85. The van der Waals surface area contributed by atoms with Crippen LogP contribution in [0.5, 0.6) is 0 Å². The van der Waals surface area contributed by atoms with Crippen molar-refractivity contribution in [3.8, 4) is 0 Å². The molecule has 0 aliphatic carbocycles. The van der Waals surface area contributed by atoms with Gasteiger partial charge in [-0.15, -0.1) is 0 Å². The molecular formula is C29H32Cl2FN3O4S. The van der Waals surface area contributed by atoms with E-state index in [-0.39, 0.29) is 30.5 Å². The summed E-state index contributed by atoms with van der Waals surface area (Å²) in [7, 11) is -3.95. The number of sulfonamides is 1. The van der Waals surface area contributed by atoms with E-state index in [0.717, 1.165) is 28.3 Å². The first-order chi connectivity index (χ1) is 18.8. The number of carbonyl (C=O) groups is 2. The van der Waals surface area contributed by atoms with E-state index in [1.54, 1.807) is 12.1 Å². The standard InChI is InChI=1S/C29H32Cl2FN3O4S/c1-20(2)17-33-29(37)27(15-21-7-5-4-6-8-21)34(18-22-9-10-23(30)16-26(22)31)28(36)19-35(40(3,38)39)25-13-11-24(32)12-14-25/h4-14,16,20,27H,15,17-19H2,1-3H3,(H,33,37). The molecule has 3 aromatic carbocycles. The summed E-state index contributed by atoms with van der Waals surface area (Å²) >= 11 is 12.5. The van der Waals surface area contributed by atoms with Crippen molar-refractivity contribution in [2.75, 3.05) is 23.7 Å². The summed E-state index contributed by atoms with van der Waals surface area (Å²) in [5.41, 5.74) is 1.46. The molecule has 0 aromatic heterocycles. The van der Waals surface area contributed by atoms with Crippen LogP contribution in [0.1, 0.15) is 25.0 Å². The van der Waals surface area contributed by atoms with Crippen molar-refractivity contribution in [3.63, 3.8) is 0 Å². The van der Waals surface area contributed by atoms with E-state index in [1.807, 2.05) is 44.2 Å². The van der Waals surface area contributed by atoms with Crippen LogP contribution >= 0.6 is 23.2 Å². The van der Waals surface area contributed by atoms with Gasteiger partial charge in [0.15, 0.2) is 0 Å². The average molecular weight is 609 g/mol. The molecule has 40 heavy (non-hydrogen) atoms. The van der Waals surface area contributed by atoms with Gasteiger partial charge >= 0.3 is 0 Å². The number of hydrogen-bond donors (Lipinski definition) is 1. The Hall–Kier alpha value is -3.14. The number of benzene rings is 3. The molecule has 0 spiro atoms. The second-order valence-corrected chi connectivity index (χ2v) is 12.6. The number of amides is 2. The Morgan fingerprint density at radius 1 is 0.975 bits per heavy atom. The van der Waals surface area contributed by atoms with Crippen molar-refractivity contribution in [1.29, 1.82) is 0 Å². The molecule has 1 atom stereocenters. The van der Waals surface area contributed by atoms with Gasteiger partial charge in [-0.2, -0.15) is 0 Å². The first-order valence-electron chi connectivity index (χ1n) is 12.6. The van der Waals surface area contributed by atoms with E-state index in [9.17, 15) is 22.4 Å². The van der Waals surface area contributed by atoms with Gasteiger partial charge in [-0.3, -0.25) is 13.9 Å². The molecule has 0 bridgehead atoms. The van der Waals surface area contributed by atoms with Gasteiger partial charge in [-0.1, -0.05) is 73.4 Å². The first kappa shape index (κ1) is 31.4. The fourth-order valence-electron chi connectivity index (χ4n) is 4.03. The van der Waals surface area contributed by atoms with E-state index in [4.69, 9.17) is 23.2 Å². The third-order valence-corrected chi connectivity index (χ3v) is 7.83. The first-order valence-corrected chi connectivity index (χ1v) is 15.2. The van der Waals surface area contributed by atoms with Crippen LogP contribution < -0.4 is 9.62 Å². The highest BCUT2D eigenvalue weighted by Crippen LogP contribution is 2.25. The van der Waals surface area contributed by atoms with Gasteiger partial charge < -0.3 is 10.2 Å². The maximum atomic E-state index is 14.0. The van der Waals surface area contributed by atoms with Crippen molar-refractivity contribution >= 4 is 50.7 Å². The van der Waals surface area contributed by atoms with Gasteiger partial charge in [-0.05, 0) is 53.4 Å². The van der Waals surface area contributed by atoms with Crippen molar-refractivity contribution < 1.29 is 22.4 Å². The Morgan fingerprint density at radius 3 is 2.20 bits per heavy atom. The van der Waals surface area contributed by atoms with Crippen LogP contribution in [-0.4, -0.2) is 50.5 Å². The van der Waals surface area contributed by atoms with Gasteiger partial charge in [0.1, 0.15) is 18.4 Å². The van der Waals surface area contributed by atoms with Crippen LogP contribution in [0.4, 0.5) is 10.1 Å². The SMILES string of the molecule is CC(C)CNC(=O)C(Cc1ccccc1)N(Cc1ccc(Cl)cc1Cl)C(=O)CN(c1ccc(F)cc1)S(C)(=O)=O. The van der Waals surface area contributed by atoms with Gasteiger partial charge in [-0.25, -0.2) is 12.8 Å². The molecule has 3 aromatic rings. The van der Waals surface area contributed by atoms with Gasteiger partial charge in [0, 0.05) is 29.6 Å². The van der Waals surface area contributed by atoms with Gasteiger partial charge in [0.05, 0.1) is 11.9 Å².